The second kappa shape index (κ2) is 9.49. The van der Waals surface area contributed by atoms with Gasteiger partial charge in [-0.3, -0.25) is 14.8 Å². The lowest BCUT2D eigenvalue weighted by atomic mass is 9.92. The average molecular weight is 486 g/mol. The third kappa shape index (κ3) is 4.10. The molecule has 0 saturated heterocycles. The number of rotatable bonds is 7. The van der Waals surface area contributed by atoms with Crippen LogP contribution in [0.15, 0.2) is 53.6 Å². The molecule has 5 rings (SSSR count). The highest BCUT2D eigenvalue weighted by molar-refractivity contribution is 6.16. The Balaban J connectivity index is 1.56. The summed E-state index contributed by atoms with van der Waals surface area (Å²) in [5.41, 5.74) is 8.57. The number of anilines is 2. The summed E-state index contributed by atoms with van der Waals surface area (Å²) in [6.45, 7) is 3.94. The lowest BCUT2D eigenvalue weighted by molar-refractivity contribution is 0.294. The molecule has 36 heavy (non-hydrogen) atoms. The van der Waals surface area contributed by atoms with E-state index < -0.39 is 11.9 Å². The van der Waals surface area contributed by atoms with Gasteiger partial charge in [0.1, 0.15) is 35.0 Å². The quantitative estimate of drug-likeness (QED) is 0.324. The molecule has 0 bridgehead atoms. The Labute approximate surface area is 207 Å². The van der Waals surface area contributed by atoms with Gasteiger partial charge in [0.15, 0.2) is 0 Å². The molecule has 0 spiro atoms. The van der Waals surface area contributed by atoms with Crippen LogP contribution in [0.2, 0.25) is 0 Å². The van der Waals surface area contributed by atoms with Gasteiger partial charge in [0.25, 0.3) is 5.56 Å². The van der Waals surface area contributed by atoms with Crippen LogP contribution < -0.4 is 16.6 Å². The van der Waals surface area contributed by atoms with Crippen molar-refractivity contribution in [3.05, 3.63) is 87.5 Å². The number of halogens is 1. The van der Waals surface area contributed by atoms with Gasteiger partial charge in [-0.25, -0.2) is 19.3 Å². The number of nitrogens with one attached hydrogen (secondary N) is 2. The van der Waals surface area contributed by atoms with Crippen LogP contribution in [0.25, 0.3) is 10.9 Å². The molecule has 2 heterocycles. The molecular formula is C27H28FN7O. The molecule has 4 aromatic rings. The number of hydrogen-bond acceptors (Lipinski definition) is 7. The zero-order valence-electron chi connectivity index (χ0n) is 20.3. The Morgan fingerprint density at radius 2 is 1.97 bits per heavy atom. The van der Waals surface area contributed by atoms with Crippen molar-refractivity contribution in [1.29, 1.82) is 5.41 Å². The van der Waals surface area contributed by atoms with E-state index in [2.05, 4.69) is 22.2 Å². The van der Waals surface area contributed by atoms with Gasteiger partial charge in [-0.1, -0.05) is 37.3 Å². The highest BCUT2D eigenvalue weighted by Crippen LogP contribution is 2.34. The van der Waals surface area contributed by atoms with Crippen molar-refractivity contribution in [2.45, 2.75) is 51.6 Å². The van der Waals surface area contributed by atoms with E-state index in [0.717, 1.165) is 25.7 Å². The molecule has 2 aromatic carbocycles. The maximum Gasteiger partial charge on any atom is 0.264 e. The molecule has 1 aliphatic carbocycles. The molecule has 1 aliphatic rings. The number of aromatic nitrogens is 4. The summed E-state index contributed by atoms with van der Waals surface area (Å²) in [5, 5.41) is 12.1. The predicted octanol–water partition coefficient (Wildman–Crippen LogP) is 4.78. The van der Waals surface area contributed by atoms with Crippen LogP contribution in [0.1, 0.15) is 67.7 Å². The van der Waals surface area contributed by atoms with Crippen LogP contribution in [0.5, 0.6) is 0 Å². The van der Waals surface area contributed by atoms with Crippen molar-refractivity contribution in [3.63, 3.8) is 0 Å². The first-order valence-corrected chi connectivity index (χ1v) is 12.1. The zero-order chi connectivity index (χ0) is 25.4. The molecule has 9 heteroatoms. The molecule has 0 amide bonds. The molecule has 1 atom stereocenters. The number of hydrogen-bond donors (Lipinski definition) is 3. The minimum atomic E-state index is -0.571. The SMILES string of the molecule is CCc1ccc(C(=N)c2c(N)ncnc2NC(C)c2nc3cccc(F)c3c(=O)n2C2CCC2)cc1. The van der Waals surface area contributed by atoms with Crippen molar-refractivity contribution in [1.82, 2.24) is 19.5 Å². The van der Waals surface area contributed by atoms with Crippen LogP contribution in [0.3, 0.4) is 0 Å². The largest absolute Gasteiger partial charge is 0.383 e. The van der Waals surface area contributed by atoms with Gasteiger partial charge < -0.3 is 11.1 Å². The number of nitrogens with zero attached hydrogens (tertiary/aromatic N) is 4. The van der Waals surface area contributed by atoms with Gasteiger partial charge in [0, 0.05) is 11.6 Å². The highest BCUT2D eigenvalue weighted by Gasteiger charge is 2.28. The summed E-state index contributed by atoms with van der Waals surface area (Å²) in [7, 11) is 0. The van der Waals surface area contributed by atoms with E-state index in [1.165, 1.54) is 18.0 Å². The monoisotopic (exact) mass is 485 g/mol. The topological polar surface area (TPSA) is 123 Å². The maximum absolute atomic E-state index is 14.6. The maximum atomic E-state index is 14.6. The summed E-state index contributed by atoms with van der Waals surface area (Å²) >= 11 is 0. The van der Waals surface area contributed by atoms with Crippen molar-refractivity contribution in [2.75, 3.05) is 11.1 Å². The fourth-order valence-corrected chi connectivity index (χ4v) is 4.60. The molecule has 8 nitrogen and oxygen atoms in total. The lowest BCUT2D eigenvalue weighted by Gasteiger charge is -2.31. The van der Waals surface area contributed by atoms with E-state index in [0.29, 0.717) is 28.3 Å². The number of nitrogen functional groups attached to an aromatic ring is 1. The Morgan fingerprint density at radius 1 is 1.22 bits per heavy atom. The number of aryl methyl sites for hydroxylation is 1. The van der Waals surface area contributed by atoms with Crippen molar-refractivity contribution < 1.29 is 4.39 Å². The number of fused-ring (bicyclic) bond motifs is 1. The number of benzene rings is 2. The minimum absolute atomic E-state index is 0.00428. The average Bonchev–Trinajstić information content (AvgIpc) is 2.84. The molecule has 4 N–H and O–H groups in total. The van der Waals surface area contributed by atoms with E-state index in [1.807, 2.05) is 31.2 Å². The van der Waals surface area contributed by atoms with E-state index in [9.17, 15) is 9.18 Å². The molecule has 1 fully saturated rings. The van der Waals surface area contributed by atoms with Crippen LogP contribution in [0, 0.1) is 11.2 Å². The van der Waals surface area contributed by atoms with E-state index >= 15 is 0 Å². The normalized spacial score (nSPS) is 14.4. The Kier molecular flexibility index (Phi) is 6.22. The second-order valence-corrected chi connectivity index (χ2v) is 9.14. The van der Waals surface area contributed by atoms with Crippen LogP contribution >= 0.6 is 0 Å². The van der Waals surface area contributed by atoms with E-state index in [-0.39, 0.29) is 28.5 Å². The Hall–Kier alpha value is -4.14. The zero-order valence-corrected chi connectivity index (χ0v) is 20.3. The van der Waals surface area contributed by atoms with Crippen molar-refractivity contribution in [2.24, 2.45) is 0 Å². The Bertz CT molecular complexity index is 1510. The second-order valence-electron chi connectivity index (χ2n) is 9.14. The summed E-state index contributed by atoms with van der Waals surface area (Å²) in [5.74, 6) is 0.464. The lowest BCUT2D eigenvalue weighted by Crippen LogP contribution is -2.35. The molecular weight excluding hydrogens is 457 g/mol. The smallest absolute Gasteiger partial charge is 0.264 e. The van der Waals surface area contributed by atoms with Crippen LogP contribution in [0.4, 0.5) is 16.0 Å². The van der Waals surface area contributed by atoms with Gasteiger partial charge >= 0.3 is 0 Å². The van der Waals surface area contributed by atoms with Crippen LogP contribution in [-0.4, -0.2) is 25.2 Å². The summed E-state index contributed by atoms with van der Waals surface area (Å²) < 4.78 is 16.2. The molecule has 1 unspecified atom stereocenters. The van der Waals surface area contributed by atoms with Gasteiger partial charge in [0.2, 0.25) is 0 Å². The molecule has 184 valence electrons. The predicted molar refractivity (Wildman–Crippen MR) is 139 cm³/mol. The van der Waals surface area contributed by atoms with Crippen molar-refractivity contribution in [3.8, 4) is 0 Å². The fourth-order valence-electron chi connectivity index (χ4n) is 4.60. The fraction of sp³-hybridized carbons (Fsp3) is 0.296. The first-order valence-electron chi connectivity index (χ1n) is 12.1. The van der Waals surface area contributed by atoms with Crippen molar-refractivity contribution >= 4 is 28.3 Å². The van der Waals surface area contributed by atoms with Gasteiger partial charge in [-0.15, -0.1) is 0 Å². The first kappa shape index (κ1) is 23.6. The first-order chi connectivity index (χ1) is 17.4. The van der Waals surface area contributed by atoms with E-state index in [4.69, 9.17) is 16.1 Å². The third-order valence-electron chi connectivity index (χ3n) is 6.86. The van der Waals surface area contributed by atoms with E-state index in [1.54, 1.807) is 16.7 Å². The van der Waals surface area contributed by atoms with Gasteiger partial charge in [-0.2, -0.15) is 0 Å². The molecule has 2 aromatic heterocycles. The van der Waals surface area contributed by atoms with Gasteiger partial charge in [0.05, 0.1) is 22.8 Å². The van der Waals surface area contributed by atoms with Gasteiger partial charge in [-0.05, 0) is 50.3 Å². The minimum Gasteiger partial charge on any atom is -0.383 e. The summed E-state index contributed by atoms with van der Waals surface area (Å²) in [4.78, 5) is 26.6. The summed E-state index contributed by atoms with van der Waals surface area (Å²) in [6, 6.07) is 11.7. The Morgan fingerprint density at radius 3 is 2.64 bits per heavy atom. The highest BCUT2D eigenvalue weighted by atomic mass is 19.1. The third-order valence-corrected chi connectivity index (χ3v) is 6.86. The summed E-state index contributed by atoms with van der Waals surface area (Å²) in [6.07, 6.45) is 4.93. The van der Waals surface area contributed by atoms with Crippen LogP contribution in [-0.2, 0) is 6.42 Å². The molecule has 0 aliphatic heterocycles. The standard InChI is InChI=1S/C27H28FN7O/c1-3-16-10-12-17(13-11-16)23(29)22-24(30)31-14-32-25(22)33-15(2)26-34-20-9-5-8-19(28)21(20)27(36)35(26)18-6-4-7-18/h5,8-15,18,29H,3-4,6-7H2,1-2H3,(H3,30,31,32,33). The molecule has 1 saturated carbocycles. The number of nitrogens with two attached hydrogens (primary N) is 1. The molecule has 0 radical (unpaired) electrons.